The third kappa shape index (κ3) is 3.96. The Kier molecular flexibility index (Phi) is 6.95. The normalized spacial score (nSPS) is 44.6. The van der Waals surface area contributed by atoms with Crippen molar-refractivity contribution < 1.29 is 19.8 Å². The summed E-state index contributed by atoms with van der Waals surface area (Å²) in [6.45, 7) is 13.2. The van der Waals surface area contributed by atoms with Gasteiger partial charge in [-0.05, 0) is 84.4 Å². The third-order valence-electron chi connectivity index (χ3n) is 11.6. The van der Waals surface area contributed by atoms with E-state index in [2.05, 4.69) is 41.5 Å². The van der Waals surface area contributed by atoms with E-state index in [0.717, 1.165) is 38.5 Å². The molecule has 0 aliphatic heterocycles. The largest absolute Gasteiger partial charge is 0.390 e. The minimum Gasteiger partial charge on any atom is -0.390 e. The molecular weight excluding hydrogens is 412 g/mol. The van der Waals surface area contributed by atoms with Gasteiger partial charge < -0.3 is 10.2 Å². The number of fused-ring (bicyclic) bond motifs is 5. The van der Waals surface area contributed by atoms with Gasteiger partial charge in [-0.2, -0.15) is 0 Å². The van der Waals surface area contributed by atoms with Gasteiger partial charge in [-0.3, -0.25) is 9.59 Å². The Morgan fingerprint density at radius 2 is 1.61 bits per heavy atom. The highest BCUT2D eigenvalue weighted by molar-refractivity contribution is 5.88. The first kappa shape index (κ1) is 25.4. The third-order valence-corrected chi connectivity index (χ3v) is 11.6. The first-order valence-electron chi connectivity index (χ1n) is 13.9. The minimum atomic E-state index is -0.707. The van der Waals surface area contributed by atoms with Crippen molar-refractivity contribution in [3.8, 4) is 0 Å². The average Bonchev–Trinajstić information content (AvgIpc) is 3.09. The van der Waals surface area contributed by atoms with Crippen molar-refractivity contribution in [1.82, 2.24) is 0 Å². The molecule has 4 saturated carbocycles. The predicted octanol–water partition coefficient (Wildman–Crippen LogP) is 5.43. The summed E-state index contributed by atoms with van der Waals surface area (Å²) in [5, 5.41) is 22.3. The Bertz CT molecular complexity index is 761. The van der Waals surface area contributed by atoms with Crippen molar-refractivity contribution in [1.29, 1.82) is 0 Å². The Morgan fingerprint density at radius 1 is 0.939 bits per heavy atom. The van der Waals surface area contributed by atoms with Crippen molar-refractivity contribution in [3.05, 3.63) is 0 Å². The molecule has 0 bridgehead atoms. The summed E-state index contributed by atoms with van der Waals surface area (Å²) >= 11 is 0. The van der Waals surface area contributed by atoms with Crippen LogP contribution in [0.4, 0.5) is 0 Å². The number of aliphatic hydroxyl groups excluding tert-OH is 2. The molecule has 0 amide bonds. The number of hydrogen-bond acceptors (Lipinski definition) is 4. The minimum absolute atomic E-state index is 0.0400. The second-order valence-corrected chi connectivity index (χ2v) is 13.2. The lowest BCUT2D eigenvalue weighted by Crippen LogP contribution is -2.57. The van der Waals surface area contributed by atoms with Crippen LogP contribution < -0.4 is 0 Å². The summed E-state index contributed by atoms with van der Waals surface area (Å²) in [5.74, 6) is 3.03. The lowest BCUT2D eigenvalue weighted by molar-refractivity contribution is -0.159. The number of ketones is 2. The van der Waals surface area contributed by atoms with Gasteiger partial charge in [0.25, 0.3) is 0 Å². The van der Waals surface area contributed by atoms with Crippen molar-refractivity contribution in [3.63, 3.8) is 0 Å². The van der Waals surface area contributed by atoms with Gasteiger partial charge in [0.05, 0.1) is 12.2 Å². The van der Waals surface area contributed by atoms with Crippen molar-refractivity contribution in [2.45, 2.75) is 112 Å². The van der Waals surface area contributed by atoms with E-state index >= 15 is 0 Å². The van der Waals surface area contributed by atoms with Crippen LogP contribution in [-0.2, 0) is 9.59 Å². The summed E-state index contributed by atoms with van der Waals surface area (Å²) in [6.07, 6.45) is 6.49. The fourth-order valence-electron chi connectivity index (χ4n) is 9.77. The maximum Gasteiger partial charge on any atom is 0.136 e. The molecule has 0 saturated heterocycles. The number of carbonyl (C=O) groups excluding carboxylic acids is 2. The quantitative estimate of drug-likeness (QED) is 0.554. The molecule has 188 valence electrons. The number of hydrogen-bond donors (Lipinski definition) is 2. The van der Waals surface area contributed by atoms with Gasteiger partial charge in [0.15, 0.2) is 0 Å². The Labute approximate surface area is 201 Å². The molecule has 0 aromatic rings. The van der Waals surface area contributed by atoms with Crippen LogP contribution in [0.5, 0.6) is 0 Å². The Hall–Kier alpha value is -0.740. The second-order valence-electron chi connectivity index (χ2n) is 13.2. The molecule has 4 heteroatoms. The summed E-state index contributed by atoms with van der Waals surface area (Å²) in [7, 11) is 0. The maximum atomic E-state index is 13.3. The van der Waals surface area contributed by atoms with Crippen LogP contribution in [0.1, 0.15) is 99.3 Å². The first-order chi connectivity index (χ1) is 15.5. The van der Waals surface area contributed by atoms with Gasteiger partial charge in [-0.15, -0.1) is 0 Å². The highest BCUT2D eigenvalue weighted by Crippen LogP contribution is 2.67. The Morgan fingerprint density at radius 3 is 2.24 bits per heavy atom. The highest BCUT2D eigenvalue weighted by atomic mass is 16.3. The van der Waals surface area contributed by atoms with Crippen LogP contribution >= 0.6 is 0 Å². The van der Waals surface area contributed by atoms with E-state index < -0.39 is 12.2 Å². The molecule has 11 atom stereocenters. The molecule has 2 N–H and O–H groups in total. The highest BCUT2D eigenvalue weighted by Gasteiger charge is 2.63. The van der Waals surface area contributed by atoms with Crippen LogP contribution in [-0.4, -0.2) is 34.0 Å². The van der Waals surface area contributed by atoms with Crippen LogP contribution in [0.25, 0.3) is 0 Å². The van der Waals surface area contributed by atoms with Crippen LogP contribution in [0.2, 0.25) is 0 Å². The molecule has 0 aromatic heterocycles. The average molecular weight is 461 g/mol. The molecule has 0 heterocycles. The molecule has 0 aromatic carbocycles. The lowest BCUT2D eigenvalue weighted by atomic mass is 9.44. The fourth-order valence-corrected chi connectivity index (χ4v) is 9.77. The van der Waals surface area contributed by atoms with Crippen LogP contribution in [0, 0.1) is 58.2 Å². The zero-order valence-corrected chi connectivity index (χ0v) is 21.8. The molecule has 1 unspecified atom stereocenters. The van der Waals surface area contributed by atoms with Crippen molar-refractivity contribution in [2.24, 2.45) is 58.2 Å². The van der Waals surface area contributed by atoms with Gasteiger partial charge in [0.2, 0.25) is 0 Å². The number of rotatable bonds is 6. The van der Waals surface area contributed by atoms with E-state index in [0.29, 0.717) is 60.4 Å². The number of aliphatic hydroxyl groups is 2. The topological polar surface area (TPSA) is 74.6 Å². The molecule has 4 aliphatic carbocycles. The summed E-state index contributed by atoms with van der Waals surface area (Å²) in [5.41, 5.74) is -0.0509. The van der Waals surface area contributed by atoms with Gasteiger partial charge >= 0.3 is 0 Å². The number of carbonyl (C=O) groups is 2. The van der Waals surface area contributed by atoms with Crippen molar-refractivity contribution in [2.75, 3.05) is 0 Å². The Balaban J connectivity index is 1.55. The summed E-state index contributed by atoms with van der Waals surface area (Å²) < 4.78 is 0. The number of Topliss-reactive ketones (excluding diaryl/α,β-unsaturated/α-hetero) is 2. The standard InChI is InChI=1S/C29H48O4/c1-7-19(16(2)3)27(33)26(32)17(4)21-10-11-22-20-14-25(31)24-9-8-18(30)15-29(24,6)23(20)12-13-28(21,22)5/h16-17,19-24,26-27,32-33H,7-15H2,1-6H3/t17-,19-,20-,21+,22-,23-,24?,26-,27-,28+,29+/m0/s1. The zero-order valence-electron chi connectivity index (χ0n) is 21.8. The first-order valence-corrected chi connectivity index (χ1v) is 13.9. The molecule has 4 fully saturated rings. The van der Waals surface area contributed by atoms with E-state index in [1.807, 2.05) is 0 Å². The van der Waals surface area contributed by atoms with E-state index in [1.54, 1.807) is 0 Å². The summed E-state index contributed by atoms with van der Waals surface area (Å²) in [4.78, 5) is 25.7. The smallest absolute Gasteiger partial charge is 0.136 e. The van der Waals surface area contributed by atoms with Crippen LogP contribution in [0.15, 0.2) is 0 Å². The zero-order chi connectivity index (χ0) is 24.3. The van der Waals surface area contributed by atoms with E-state index in [9.17, 15) is 19.8 Å². The molecule has 4 rings (SSSR count). The monoisotopic (exact) mass is 460 g/mol. The molecule has 0 radical (unpaired) electrons. The van der Waals surface area contributed by atoms with E-state index in [1.165, 1.54) is 0 Å². The predicted molar refractivity (Wildman–Crippen MR) is 130 cm³/mol. The molecule has 0 spiro atoms. The van der Waals surface area contributed by atoms with Crippen LogP contribution in [0.3, 0.4) is 0 Å². The molecule has 4 aliphatic rings. The molecule has 33 heavy (non-hydrogen) atoms. The molecular formula is C29H48O4. The maximum absolute atomic E-state index is 13.3. The van der Waals surface area contributed by atoms with Gasteiger partial charge in [-0.1, -0.05) is 48.0 Å². The molecule has 4 nitrogen and oxygen atoms in total. The van der Waals surface area contributed by atoms with Crippen molar-refractivity contribution >= 4 is 11.6 Å². The van der Waals surface area contributed by atoms with Gasteiger partial charge in [0.1, 0.15) is 11.6 Å². The van der Waals surface area contributed by atoms with E-state index in [4.69, 9.17) is 0 Å². The SMILES string of the molecule is CC[C@@H](C(C)C)[C@H](O)[C@@H](O)[C@@H](C)[C@H]1CC[C@H]2[C@@H]3CC(=O)C4CCC(=O)C[C@]4(C)[C@H]3CC[C@]12C. The summed E-state index contributed by atoms with van der Waals surface area (Å²) in [6, 6.07) is 0. The van der Waals surface area contributed by atoms with E-state index in [-0.39, 0.29) is 28.6 Å². The fraction of sp³-hybridized carbons (Fsp3) is 0.931. The van der Waals surface area contributed by atoms with Gasteiger partial charge in [0, 0.05) is 25.2 Å². The van der Waals surface area contributed by atoms with Gasteiger partial charge in [-0.25, -0.2) is 0 Å². The lowest BCUT2D eigenvalue weighted by Gasteiger charge is -2.59. The second kappa shape index (κ2) is 9.04.